The number of aromatic nitrogens is 1. The number of nitrogens with zero attached hydrogens (tertiary/aromatic N) is 1. The molecule has 3 heteroatoms. The van der Waals surface area contributed by atoms with Gasteiger partial charge in [0.15, 0.2) is 0 Å². The summed E-state index contributed by atoms with van der Waals surface area (Å²) in [5, 5.41) is 1.13. The van der Waals surface area contributed by atoms with E-state index in [0.717, 1.165) is 27.8 Å². The van der Waals surface area contributed by atoms with E-state index in [4.69, 9.17) is 4.74 Å². The van der Waals surface area contributed by atoms with Crippen molar-refractivity contribution in [3.63, 3.8) is 0 Å². The number of hydrogen-bond acceptors (Lipinski definition) is 1. The van der Waals surface area contributed by atoms with Crippen LogP contribution in [-0.2, 0) is 6.54 Å². The number of fused-ring (bicyclic) bond motifs is 1. The molecule has 2 aromatic carbocycles. The minimum absolute atomic E-state index is 0.189. The highest BCUT2D eigenvalue weighted by atomic mass is 19.1. The van der Waals surface area contributed by atoms with E-state index in [9.17, 15) is 4.39 Å². The van der Waals surface area contributed by atoms with Crippen LogP contribution in [0.4, 0.5) is 4.39 Å². The van der Waals surface area contributed by atoms with E-state index in [1.165, 1.54) is 6.07 Å². The highest BCUT2D eigenvalue weighted by molar-refractivity contribution is 5.81. The van der Waals surface area contributed by atoms with Crippen molar-refractivity contribution in [3.8, 4) is 5.75 Å². The van der Waals surface area contributed by atoms with Crippen molar-refractivity contribution in [1.82, 2.24) is 4.57 Å². The van der Waals surface area contributed by atoms with Gasteiger partial charge in [-0.1, -0.05) is 6.07 Å². The Balaban J connectivity index is 1.96. The smallest absolute Gasteiger partial charge is 0.123 e. The first-order valence-corrected chi connectivity index (χ1v) is 7.14. The van der Waals surface area contributed by atoms with Crippen LogP contribution in [0.25, 0.3) is 10.9 Å². The average Bonchev–Trinajstić information content (AvgIpc) is 2.86. The normalized spacial score (nSPS) is 11.0. The Morgan fingerprint density at radius 2 is 1.95 bits per heavy atom. The molecule has 0 amide bonds. The third-order valence-electron chi connectivity index (χ3n) is 3.71. The van der Waals surface area contributed by atoms with Crippen LogP contribution in [0.15, 0.2) is 48.7 Å². The second-order valence-electron chi connectivity index (χ2n) is 5.17. The van der Waals surface area contributed by atoms with Gasteiger partial charge >= 0.3 is 0 Å². The van der Waals surface area contributed by atoms with E-state index in [1.807, 2.05) is 38.2 Å². The van der Waals surface area contributed by atoms with E-state index in [-0.39, 0.29) is 5.82 Å². The second kappa shape index (κ2) is 5.60. The monoisotopic (exact) mass is 283 g/mol. The number of hydrogen-bond donors (Lipinski definition) is 0. The van der Waals surface area contributed by atoms with Crippen LogP contribution in [0.2, 0.25) is 0 Å². The van der Waals surface area contributed by atoms with Gasteiger partial charge in [-0.15, -0.1) is 0 Å². The molecule has 108 valence electrons. The van der Waals surface area contributed by atoms with E-state index in [1.54, 1.807) is 6.07 Å². The minimum atomic E-state index is -0.189. The molecule has 0 aliphatic heterocycles. The molecule has 0 unspecified atom stereocenters. The van der Waals surface area contributed by atoms with E-state index >= 15 is 0 Å². The Morgan fingerprint density at radius 3 is 2.76 bits per heavy atom. The highest BCUT2D eigenvalue weighted by Crippen LogP contribution is 2.23. The van der Waals surface area contributed by atoms with Gasteiger partial charge in [0.05, 0.1) is 6.61 Å². The highest BCUT2D eigenvalue weighted by Gasteiger charge is 2.06. The molecule has 0 fully saturated rings. The fourth-order valence-electron chi connectivity index (χ4n) is 2.57. The number of ether oxygens (including phenoxy) is 1. The molecule has 0 saturated heterocycles. The third kappa shape index (κ3) is 2.77. The number of halogens is 1. The lowest BCUT2D eigenvalue weighted by Gasteiger charge is -2.09. The SMILES string of the molecule is CCOc1ccc2c(ccn2Cc2cc(F)ccc2C)c1. The maximum absolute atomic E-state index is 13.4. The Bertz CT molecular complexity index is 776. The first-order valence-electron chi connectivity index (χ1n) is 7.14. The largest absolute Gasteiger partial charge is 0.494 e. The molecule has 0 saturated carbocycles. The first kappa shape index (κ1) is 13.7. The van der Waals surface area contributed by atoms with E-state index < -0.39 is 0 Å². The van der Waals surface area contributed by atoms with Gasteiger partial charge in [0, 0.05) is 23.6 Å². The van der Waals surface area contributed by atoms with Gasteiger partial charge < -0.3 is 9.30 Å². The molecule has 0 bridgehead atoms. The third-order valence-corrected chi connectivity index (χ3v) is 3.71. The summed E-state index contributed by atoms with van der Waals surface area (Å²) in [6.45, 7) is 5.31. The van der Waals surface area contributed by atoms with Crippen LogP contribution in [0.3, 0.4) is 0 Å². The molecule has 0 spiro atoms. The number of benzene rings is 2. The topological polar surface area (TPSA) is 14.2 Å². The van der Waals surface area contributed by atoms with Gasteiger partial charge in [0.2, 0.25) is 0 Å². The summed E-state index contributed by atoms with van der Waals surface area (Å²) in [7, 11) is 0. The molecule has 0 N–H and O–H groups in total. The molecule has 2 nitrogen and oxygen atoms in total. The quantitative estimate of drug-likeness (QED) is 0.686. The zero-order valence-corrected chi connectivity index (χ0v) is 12.3. The van der Waals surface area contributed by atoms with Crippen molar-refractivity contribution in [3.05, 3.63) is 65.6 Å². The molecule has 0 radical (unpaired) electrons. The van der Waals surface area contributed by atoms with Crippen molar-refractivity contribution in [1.29, 1.82) is 0 Å². The molecule has 0 atom stereocenters. The number of rotatable bonds is 4. The van der Waals surface area contributed by atoms with Crippen molar-refractivity contribution >= 4 is 10.9 Å². The molecular weight excluding hydrogens is 265 g/mol. The lowest BCUT2D eigenvalue weighted by Crippen LogP contribution is -2.00. The van der Waals surface area contributed by atoms with Gasteiger partial charge in [-0.05, 0) is 61.4 Å². The summed E-state index contributed by atoms with van der Waals surface area (Å²) in [5.41, 5.74) is 3.23. The number of aryl methyl sites for hydroxylation is 1. The maximum atomic E-state index is 13.4. The van der Waals surface area contributed by atoms with Crippen LogP contribution < -0.4 is 4.74 Å². The second-order valence-corrected chi connectivity index (χ2v) is 5.17. The van der Waals surface area contributed by atoms with Crippen molar-refractivity contribution in [2.75, 3.05) is 6.61 Å². The zero-order chi connectivity index (χ0) is 14.8. The molecule has 0 aliphatic carbocycles. The molecule has 3 aromatic rings. The first-order chi connectivity index (χ1) is 10.2. The van der Waals surface area contributed by atoms with Gasteiger partial charge in [0.1, 0.15) is 11.6 Å². The van der Waals surface area contributed by atoms with Crippen LogP contribution in [0.1, 0.15) is 18.1 Å². The predicted octanol–water partition coefficient (Wildman–Crippen LogP) is 4.54. The van der Waals surface area contributed by atoms with Crippen LogP contribution in [-0.4, -0.2) is 11.2 Å². The Kier molecular flexibility index (Phi) is 3.65. The fourth-order valence-corrected chi connectivity index (χ4v) is 2.57. The van der Waals surface area contributed by atoms with E-state index in [2.05, 4.69) is 16.7 Å². The lowest BCUT2D eigenvalue weighted by atomic mass is 10.1. The predicted molar refractivity (Wildman–Crippen MR) is 83.3 cm³/mol. The van der Waals surface area contributed by atoms with Gasteiger partial charge in [-0.25, -0.2) is 4.39 Å². The van der Waals surface area contributed by atoms with Crippen LogP contribution in [0, 0.1) is 12.7 Å². The van der Waals surface area contributed by atoms with Crippen molar-refractivity contribution in [2.24, 2.45) is 0 Å². The van der Waals surface area contributed by atoms with Crippen LogP contribution in [0.5, 0.6) is 5.75 Å². The Labute approximate surface area is 123 Å². The van der Waals surface area contributed by atoms with E-state index in [0.29, 0.717) is 13.2 Å². The molecule has 1 aromatic heterocycles. The summed E-state index contributed by atoms with van der Waals surface area (Å²) in [4.78, 5) is 0. The summed E-state index contributed by atoms with van der Waals surface area (Å²) in [6, 6.07) is 13.1. The summed E-state index contributed by atoms with van der Waals surface area (Å²) in [5.74, 6) is 0.690. The van der Waals surface area contributed by atoms with Gasteiger partial charge in [0.25, 0.3) is 0 Å². The molecule has 1 heterocycles. The summed E-state index contributed by atoms with van der Waals surface area (Å²) >= 11 is 0. The van der Waals surface area contributed by atoms with Crippen LogP contribution >= 0.6 is 0 Å². The standard InChI is InChI=1S/C18H18FNO/c1-3-21-17-6-7-18-14(11-17)8-9-20(18)12-15-10-16(19)5-4-13(15)2/h4-11H,3,12H2,1-2H3. The van der Waals surface area contributed by atoms with Crippen molar-refractivity contribution in [2.45, 2.75) is 20.4 Å². The molecule has 0 aliphatic rings. The van der Waals surface area contributed by atoms with Gasteiger partial charge in [-0.3, -0.25) is 0 Å². The molecule has 3 rings (SSSR count). The molecule has 21 heavy (non-hydrogen) atoms. The Hall–Kier alpha value is -2.29. The summed E-state index contributed by atoms with van der Waals surface area (Å²) < 4.78 is 21.1. The molecular formula is C18H18FNO. The fraction of sp³-hybridized carbons (Fsp3) is 0.222. The zero-order valence-electron chi connectivity index (χ0n) is 12.3. The lowest BCUT2D eigenvalue weighted by molar-refractivity contribution is 0.340. The maximum Gasteiger partial charge on any atom is 0.123 e. The Morgan fingerprint density at radius 1 is 1.10 bits per heavy atom. The van der Waals surface area contributed by atoms with Gasteiger partial charge in [-0.2, -0.15) is 0 Å². The average molecular weight is 283 g/mol. The van der Waals surface area contributed by atoms with Crippen molar-refractivity contribution < 1.29 is 9.13 Å². The minimum Gasteiger partial charge on any atom is -0.494 e. The summed E-state index contributed by atoms with van der Waals surface area (Å²) in [6.07, 6.45) is 2.03.